The van der Waals surface area contributed by atoms with Crippen molar-refractivity contribution in [3.05, 3.63) is 65.0 Å². The first-order valence-corrected chi connectivity index (χ1v) is 9.61. The van der Waals surface area contributed by atoms with Gasteiger partial charge in [0.25, 0.3) is 0 Å². The second-order valence-electron chi connectivity index (χ2n) is 5.85. The van der Waals surface area contributed by atoms with Crippen LogP contribution in [0.2, 0.25) is 0 Å². The minimum atomic E-state index is -0.333. The Hall–Kier alpha value is -2.59. The molecule has 4 nitrogen and oxygen atoms in total. The standard InChI is InChI=1S/C21H22O4.C2H6/c1-2-3-12-23-13-14-24-19-8-4-16(5-9-19)17-6-10-20-18(15-17)7-11-21(22)25-20;1-2/h4-11,15H,2-3,12-14H2,1H3;1-2H3. The molecular formula is C23H28O4. The number of fused-ring (bicyclic) bond motifs is 1. The molecule has 0 amide bonds. The van der Waals surface area contributed by atoms with Gasteiger partial charge in [-0.1, -0.05) is 45.4 Å². The Morgan fingerprint density at radius 1 is 0.852 bits per heavy atom. The largest absolute Gasteiger partial charge is 0.491 e. The highest BCUT2D eigenvalue weighted by atomic mass is 16.5. The van der Waals surface area contributed by atoms with Gasteiger partial charge in [0.1, 0.15) is 17.9 Å². The fourth-order valence-electron chi connectivity index (χ4n) is 2.56. The van der Waals surface area contributed by atoms with E-state index in [2.05, 4.69) is 6.92 Å². The van der Waals surface area contributed by atoms with Crippen molar-refractivity contribution in [2.75, 3.05) is 19.8 Å². The molecule has 0 aliphatic heterocycles. The summed E-state index contributed by atoms with van der Waals surface area (Å²) in [4.78, 5) is 11.2. The van der Waals surface area contributed by atoms with Gasteiger partial charge in [-0.15, -0.1) is 0 Å². The van der Waals surface area contributed by atoms with Gasteiger partial charge in [0.05, 0.1) is 6.61 Å². The molecule has 3 aromatic rings. The lowest BCUT2D eigenvalue weighted by Gasteiger charge is -2.08. The third kappa shape index (κ3) is 6.26. The Kier molecular flexibility index (Phi) is 8.59. The molecule has 4 heteroatoms. The quantitative estimate of drug-likeness (QED) is 0.379. The second-order valence-corrected chi connectivity index (χ2v) is 5.85. The van der Waals surface area contributed by atoms with Gasteiger partial charge in [0.15, 0.2) is 0 Å². The van der Waals surface area contributed by atoms with Crippen molar-refractivity contribution in [2.24, 2.45) is 0 Å². The van der Waals surface area contributed by atoms with Crippen molar-refractivity contribution >= 4 is 11.0 Å². The van der Waals surface area contributed by atoms with E-state index in [0.717, 1.165) is 41.7 Å². The summed E-state index contributed by atoms with van der Waals surface area (Å²) >= 11 is 0. The van der Waals surface area contributed by atoms with E-state index in [1.54, 1.807) is 6.07 Å². The zero-order valence-corrected chi connectivity index (χ0v) is 16.4. The predicted octanol–water partition coefficient (Wildman–Crippen LogP) is 5.68. The van der Waals surface area contributed by atoms with Crippen LogP contribution >= 0.6 is 0 Å². The molecule has 144 valence electrons. The van der Waals surface area contributed by atoms with Gasteiger partial charge in [0.2, 0.25) is 0 Å². The van der Waals surface area contributed by atoms with Crippen LogP contribution in [0, 0.1) is 0 Å². The van der Waals surface area contributed by atoms with Crippen LogP contribution in [0.4, 0.5) is 0 Å². The molecule has 2 aromatic carbocycles. The first-order valence-electron chi connectivity index (χ1n) is 9.61. The lowest BCUT2D eigenvalue weighted by molar-refractivity contribution is 0.0981. The Labute approximate surface area is 160 Å². The minimum absolute atomic E-state index is 0.333. The van der Waals surface area contributed by atoms with Crippen molar-refractivity contribution in [1.29, 1.82) is 0 Å². The van der Waals surface area contributed by atoms with Crippen molar-refractivity contribution in [3.63, 3.8) is 0 Å². The zero-order valence-electron chi connectivity index (χ0n) is 16.4. The number of rotatable bonds is 8. The maximum absolute atomic E-state index is 11.2. The zero-order chi connectivity index (χ0) is 19.5. The Morgan fingerprint density at radius 2 is 1.59 bits per heavy atom. The van der Waals surface area contributed by atoms with Crippen molar-refractivity contribution in [1.82, 2.24) is 0 Å². The molecule has 0 bridgehead atoms. The average Bonchev–Trinajstić information content (AvgIpc) is 2.72. The summed E-state index contributed by atoms with van der Waals surface area (Å²) in [7, 11) is 0. The van der Waals surface area contributed by atoms with Crippen LogP contribution in [0.3, 0.4) is 0 Å². The molecule has 0 fully saturated rings. The molecule has 27 heavy (non-hydrogen) atoms. The second kappa shape index (κ2) is 11.2. The molecule has 0 atom stereocenters. The summed E-state index contributed by atoms with van der Waals surface area (Å²) in [5.41, 5.74) is 2.41. The van der Waals surface area contributed by atoms with Crippen LogP contribution in [0.15, 0.2) is 63.8 Å². The molecule has 0 saturated carbocycles. The highest BCUT2D eigenvalue weighted by Crippen LogP contribution is 2.25. The molecule has 0 radical (unpaired) electrons. The number of hydrogen-bond donors (Lipinski definition) is 0. The molecule has 3 rings (SSSR count). The van der Waals surface area contributed by atoms with Gasteiger partial charge < -0.3 is 13.9 Å². The monoisotopic (exact) mass is 368 g/mol. The highest BCUT2D eigenvalue weighted by Gasteiger charge is 2.03. The van der Waals surface area contributed by atoms with Crippen LogP contribution in [0.5, 0.6) is 5.75 Å². The van der Waals surface area contributed by atoms with Crippen LogP contribution < -0.4 is 10.4 Å². The summed E-state index contributed by atoms with van der Waals surface area (Å²) in [6.07, 6.45) is 2.23. The maximum Gasteiger partial charge on any atom is 0.336 e. The van der Waals surface area contributed by atoms with Gasteiger partial charge in [-0.25, -0.2) is 4.79 Å². The van der Waals surface area contributed by atoms with Crippen molar-refractivity contribution in [3.8, 4) is 16.9 Å². The summed E-state index contributed by atoms with van der Waals surface area (Å²) in [5, 5.41) is 0.904. The first-order chi connectivity index (χ1) is 13.3. The molecule has 0 aliphatic rings. The molecule has 0 saturated heterocycles. The fourth-order valence-corrected chi connectivity index (χ4v) is 2.56. The highest BCUT2D eigenvalue weighted by molar-refractivity contribution is 5.82. The maximum atomic E-state index is 11.2. The van der Waals surface area contributed by atoms with Gasteiger partial charge in [0, 0.05) is 18.1 Å². The first kappa shape index (κ1) is 20.7. The van der Waals surface area contributed by atoms with E-state index in [1.807, 2.05) is 56.3 Å². The predicted molar refractivity (Wildman–Crippen MR) is 110 cm³/mol. The van der Waals surface area contributed by atoms with Crippen LogP contribution in [-0.4, -0.2) is 19.8 Å². The summed E-state index contributed by atoms with van der Waals surface area (Å²) in [6.45, 7) is 8.10. The number of hydrogen-bond acceptors (Lipinski definition) is 4. The smallest absolute Gasteiger partial charge is 0.336 e. The number of ether oxygens (including phenoxy) is 2. The van der Waals surface area contributed by atoms with Gasteiger partial charge >= 0.3 is 5.63 Å². The van der Waals surface area contributed by atoms with Gasteiger partial charge in [-0.2, -0.15) is 0 Å². The molecule has 0 unspecified atom stereocenters. The van der Waals surface area contributed by atoms with E-state index in [4.69, 9.17) is 13.9 Å². The van der Waals surface area contributed by atoms with Gasteiger partial charge in [-0.3, -0.25) is 0 Å². The van der Waals surface area contributed by atoms with Crippen molar-refractivity contribution < 1.29 is 13.9 Å². The SMILES string of the molecule is CC.CCCCOCCOc1ccc(-c2ccc3oc(=O)ccc3c2)cc1. The summed E-state index contributed by atoms with van der Waals surface area (Å²) < 4.78 is 16.3. The van der Waals surface area contributed by atoms with E-state index in [0.29, 0.717) is 18.8 Å². The number of benzene rings is 2. The Balaban J connectivity index is 0.00000126. The third-order valence-electron chi connectivity index (χ3n) is 3.95. The molecule has 1 heterocycles. The summed E-state index contributed by atoms with van der Waals surface area (Å²) in [5.74, 6) is 0.828. The van der Waals surface area contributed by atoms with Crippen molar-refractivity contribution in [2.45, 2.75) is 33.6 Å². The third-order valence-corrected chi connectivity index (χ3v) is 3.95. The Morgan fingerprint density at radius 3 is 2.33 bits per heavy atom. The lowest BCUT2D eigenvalue weighted by atomic mass is 10.0. The normalized spacial score (nSPS) is 10.3. The van der Waals surface area contributed by atoms with Crippen LogP contribution in [0.1, 0.15) is 33.6 Å². The molecule has 0 spiro atoms. The fraction of sp³-hybridized carbons (Fsp3) is 0.348. The lowest BCUT2D eigenvalue weighted by Crippen LogP contribution is -2.07. The van der Waals surface area contributed by atoms with E-state index in [9.17, 15) is 4.79 Å². The average molecular weight is 368 g/mol. The Bertz CT molecular complexity index is 865. The molecule has 0 aliphatic carbocycles. The molecule has 1 aromatic heterocycles. The van der Waals surface area contributed by atoms with E-state index >= 15 is 0 Å². The van der Waals surface area contributed by atoms with Gasteiger partial charge in [-0.05, 0) is 47.9 Å². The van der Waals surface area contributed by atoms with E-state index < -0.39 is 0 Å². The topological polar surface area (TPSA) is 48.7 Å². The molecule has 0 N–H and O–H groups in total. The van der Waals surface area contributed by atoms with E-state index in [1.165, 1.54) is 6.07 Å². The van der Waals surface area contributed by atoms with E-state index in [-0.39, 0.29) is 5.63 Å². The molecular weight excluding hydrogens is 340 g/mol. The van der Waals surface area contributed by atoms with Crippen LogP contribution in [-0.2, 0) is 4.74 Å². The summed E-state index contributed by atoms with van der Waals surface area (Å²) in [6, 6.07) is 16.9. The minimum Gasteiger partial charge on any atom is -0.491 e. The number of unbranched alkanes of at least 4 members (excludes halogenated alkanes) is 1. The van der Waals surface area contributed by atoms with Crippen LogP contribution in [0.25, 0.3) is 22.1 Å².